The molecule has 41 heavy (non-hydrogen) atoms. The van der Waals surface area contributed by atoms with Crippen molar-refractivity contribution in [3.63, 3.8) is 0 Å². The number of pyridine rings is 1. The van der Waals surface area contributed by atoms with Crippen molar-refractivity contribution in [3.8, 4) is 11.3 Å². The Hall–Kier alpha value is -3.05. The number of anilines is 1. The Balaban J connectivity index is 1.14. The van der Waals surface area contributed by atoms with Crippen LogP contribution in [0.25, 0.3) is 16.8 Å². The van der Waals surface area contributed by atoms with Gasteiger partial charge in [0.1, 0.15) is 0 Å². The van der Waals surface area contributed by atoms with Crippen LogP contribution in [-0.2, 0) is 19.9 Å². The first kappa shape index (κ1) is 28.1. The van der Waals surface area contributed by atoms with Gasteiger partial charge in [0.15, 0.2) is 0 Å². The number of methoxy groups -OCH3 is 2. The molecule has 1 atom stereocenters. The molecule has 0 aromatic carbocycles. The van der Waals surface area contributed by atoms with E-state index in [9.17, 15) is 4.79 Å². The summed E-state index contributed by atoms with van der Waals surface area (Å²) < 4.78 is 13.4. The van der Waals surface area contributed by atoms with E-state index in [1.54, 1.807) is 7.11 Å². The van der Waals surface area contributed by atoms with E-state index in [4.69, 9.17) is 20.2 Å². The maximum atomic E-state index is 12.8. The van der Waals surface area contributed by atoms with Gasteiger partial charge in [0.05, 0.1) is 29.1 Å². The summed E-state index contributed by atoms with van der Waals surface area (Å²) in [4.78, 5) is 24.5. The molecule has 0 bridgehead atoms. The zero-order valence-corrected chi connectivity index (χ0v) is 24.5. The molecule has 1 saturated carbocycles. The lowest BCUT2D eigenvalue weighted by atomic mass is 9.80. The van der Waals surface area contributed by atoms with Crippen LogP contribution in [0.15, 0.2) is 42.9 Å². The molecule has 2 N–H and O–H groups in total. The van der Waals surface area contributed by atoms with Gasteiger partial charge in [0.2, 0.25) is 5.91 Å². The number of hydrogen-bond acceptors (Lipinski definition) is 8. The second-order valence-corrected chi connectivity index (χ2v) is 12.0. The molecule has 5 heterocycles. The van der Waals surface area contributed by atoms with Gasteiger partial charge in [0, 0.05) is 101 Å². The molecule has 3 aliphatic rings. The first-order chi connectivity index (χ1) is 19.9. The Labute approximate surface area is 242 Å². The molecule has 3 fully saturated rings. The zero-order chi connectivity index (χ0) is 28.6. The van der Waals surface area contributed by atoms with Gasteiger partial charge in [-0.3, -0.25) is 14.7 Å². The summed E-state index contributed by atoms with van der Waals surface area (Å²) in [5, 5.41) is 4.58. The number of nitrogens with two attached hydrogens (primary N) is 1. The zero-order valence-electron chi connectivity index (χ0n) is 24.5. The second-order valence-electron chi connectivity index (χ2n) is 12.0. The second kappa shape index (κ2) is 11.7. The van der Waals surface area contributed by atoms with E-state index in [1.807, 2.05) is 35.1 Å². The highest BCUT2D eigenvalue weighted by molar-refractivity contribution is 5.81. The van der Waals surface area contributed by atoms with E-state index < -0.39 is 0 Å². The number of nitrogens with zero attached hydrogens (tertiary/aromatic N) is 6. The van der Waals surface area contributed by atoms with Crippen LogP contribution in [0.4, 0.5) is 5.69 Å². The average molecular weight is 562 g/mol. The van der Waals surface area contributed by atoms with Gasteiger partial charge in [0.25, 0.3) is 0 Å². The molecule has 10 nitrogen and oxygen atoms in total. The lowest BCUT2D eigenvalue weighted by molar-refractivity contribution is -0.139. The van der Waals surface area contributed by atoms with Crippen molar-refractivity contribution >= 4 is 17.1 Å². The molecule has 1 aliphatic carbocycles. The maximum Gasteiger partial charge on any atom is 0.225 e. The summed E-state index contributed by atoms with van der Waals surface area (Å²) in [6.45, 7) is 7.98. The number of ether oxygens (including phenoxy) is 2. The van der Waals surface area contributed by atoms with E-state index in [-0.39, 0.29) is 23.5 Å². The van der Waals surface area contributed by atoms with Crippen molar-refractivity contribution in [2.75, 3.05) is 65.0 Å². The molecule has 6 rings (SSSR count). The Morgan fingerprint density at radius 3 is 2.49 bits per heavy atom. The molecular formula is C31H43N7O3. The molecule has 1 amide bonds. The topological polar surface area (TPSA) is 101 Å². The van der Waals surface area contributed by atoms with E-state index >= 15 is 0 Å². The number of fused-ring (bicyclic) bond motifs is 1. The number of hydrogen-bond donors (Lipinski definition) is 1. The van der Waals surface area contributed by atoms with Crippen molar-refractivity contribution < 1.29 is 14.3 Å². The van der Waals surface area contributed by atoms with Gasteiger partial charge in [-0.05, 0) is 50.8 Å². The highest BCUT2D eigenvalue weighted by atomic mass is 16.5. The number of amides is 1. The van der Waals surface area contributed by atoms with Gasteiger partial charge in [-0.2, -0.15) is 5.10 Å². The van der Waals surface area contributed by atoms with Crippen LogP contribution in [0.3, 0.4) is 0 Å². The van der Waals surface area contributed by atoms with Gasteiger partial charge in [-0.15, -0.1) is 0 Å². The summed E-state index contributed by atoms with van der Waals surface area (Å²) in [7, 11) is 3.57. The average Bonchev–Trinajstić information content (AvgIpc) is 3.44. The first-order valence-electron chi connectivity index (χ1n) is 14.9. The van der Waals surface area contributed by atoms with Crippen molar-refractivity contribution in [2.45, 2.75) is 50.3 Å². The minimum Gasteiger partial charge on any atom is -0.383 e. The monoisotopic (exact) mass is 561 g/mol. The predicted octanol–water partition coefficient (Wildman–Crippen LogP) is 2.75. The minimum absolute atomic E-state index is 0.118. The summed E-state index contributed by atoms with van der Waals surface area (Å²) in [5.74, 6) is 0.389. The van der Waals surface area contributed by atoms with Crippen LogP contribution in [-0.4, -0.2) is 102 Å². The van der Waals surface area contributed by atoms with E-state index in [0.717, 1.165) is 99.6 Å². The standard InChI is InChI=1S/C31H43N7O3/c1-22(21-40-2)35-10-7-31(41-3,8-11-35)25-4-5-27(33-19-25)24-18-29-28(6-9-34-38(29)20-24)36-12-14-37(15-13-36)30(39)23-16-26(32)17-23/h4-6,9,18-20,22-23,26H,7-8,10-17,21,32H2,1-3H3/t22-,23?,26?/m0/s1. The van der Waals surface area contributed by atoms with Crippen LogP contribution in [0.5, 0.6) is 0 Å². The Kier molecular flexibility index (Phi) is 8.00. The highest BCUT2D eigenvalue weighted by Crippen LogP contribution is 2.37. The van der Waals surface area contributed by atoms with Crippen molar-refractivity contribution in [1.82, 2.24) is 24.4 Å². The highest BCUT2D eigenvalue weighted by Gasteiger charge is 2.38. The summed E-state index contributed by atoms with van der Waals surface area (Å²) in [6.07, 6.45) is 9.37. The number of aromatic nitrogens is 3. The smallest absolute Gasteiger partial charge is 0.225 e. The lowest BCUT2D eigenvalue weighted by Crippen LogP contribution is -2.53. The third-order valence-corrected chi connectivity index (χ3v) is 9.56. The van der Waals surface area contributed by atoms with Crippen LogP contribution >= 0.6 is 0 Å². The third kappa shape index (κ3) is 5.46. The molecule has 0 spiro atoms. The predicted molar refractivity (Wildman–Crippen MR) is 159 cm³/mol. The van der Waals surface area contributed by atoms with Crippen molar-refractivity contribution in [1.29, 1.82) is 0 Å². The molecule has 2 aliphatic heterocycles. The first-order valence-corrected chi connectivity index (χ1v) is 14.9. The fraction of sp³-hybridized carbons (Fsp3) is 0.581. The largest absolute Gasteiger partial charge is 0.383 e. The van der Waals surface area contributed by atoms with E-state index in [0.29, 0.717) is 6.04 Å². The maximum absolute atomic E-state index is 12.8. The molecular weight excluding hydrogens is 518 g/mol. The molecule has 2 saturated heterocycles. The Morgan fingerprint density at radius 2 is 1.85 bits per heavy atom. The molecule has 3 aromatic heterocycles. The molecule has 0 radical (unpaired) electrons. The van der Waals surface area contributed by atoms with Crippen molar-refractivity contribution in [3.05, 3.63) is 48.4 Å². The number of carbonyl (C=O) groups excluding carboxylic acids is 1. The third-order valence-electron chi connectivity index (χ3n) is 9.56. The quantitative estimate of drug-likeness (QED) is 0.448. The fourth-order valence-electron chi connectivity index (χ4n) is 6.81. The SMILES string of the molecule is COC[C@H](C)N1CCC(OC)(c2ccc(-c3cc4c(N5CCN(C(=O)C6CC(N)C6)CC5)ccnn4c3)nc2)CC1. The summed E-state index contributed by atoms with van der Waals surface area (Å²) in [5.41, 5.74) is 10.8. The Morgan fingerprint density at radius 1 is 1.10 bits per heavy atom. The number of piperidine rings is 1. The number of rotatable bonds is 8. The van der Waals surface area contributed by atoms with Gasteiger partial charge in [-0.1, -0.05) is 6.07 Å². The van der Waals surface area contributed by atoms with Gasteiger partial charge in [-0.25, -0.2) is 4.52 Å². The van der Waals surface area contributed by atoms with Crippen LogP contribution < -0.4 is 10.6 Å². The molecule has 3 aromatic rings. The van der Waals surface area contributed by atoms with E-state index in [1.165, 1.54) is 0 Å². The number of likely N-dealkylation sites (tertiary alicyclic amines) is 1. The summed E-state index contributed by atoms with van der Waals surface area (Å²) >= 11 is 0. The van der Waals surface area contributed by atoms with Crippen molar-refractivity contribution in [2.24, 2.45) is 11.7 Å². The minimum atomic E-state index is -0.316. The molecule has 10 heteroatoms. The van der Waals surface area contributed by atoms with Gasteiger partial charge >= 0.3 is 0 Å². The molecule has 220 valence electrons. The number of piperazine rings is 1. The van der Waals surface area contributed by atoms with E-state index in [2.05, 4.69) is 46.1 Å². The Bertz CT molecular complexity index is 1340. The van der Waals surface area contributed by atoms with Crippen LogP contribution in [0, 0.1) is 5.92 Å². The van der Waals surface area contributed by atoms with Gasteiger partial charge < -0.3 is 25.0 Å². The van der Waals surface area contributed by atoms with Crippen LogP contribution in [0.2, 0.25) is 0 Å². The lowest BCUT2D eigenvalue weighted by Gasteiger charge is -2.43. The normalized spacial score (nSPS) is 23.9. The van der Waals surface area contributed by atoms with Crippen LogP contribution in [0.1, 0.15) is 38.2 Å². The number of carbonyl (C=O) groups is 1. The summed E-state index contributed by atoms with van der Waals surface area (Å²) in [6, 6.07) is 9.10. The molecule has 0 unspecified atom stereocenters. The fourth-order valence-corrected chi connectivity index (χ4v) is 6.81.